The van der Waals surface area contributed by atoms with Gasteiger partial charge in [0.25, 0.3) is 5.56 Å². The lowest BCUT2D eigenvalue weighted by Crippen LogP contribution is -2.47. The standard InChI is InChI=1S/C25H27N5O2S2/c31-22(26-9-5-10-28-11-13-29(14-12-28)19-6-2-1-3-7-19)16-30-18-27-24-23(25(30)32)20(17-34-24)21-8-4-15-33-21/h1-4,6-8,15,17-18H,5,9-14,16H2,(H,26,31). The molecule has 1 saturated heterocycles. The Bertz CT molecular complexity index is 1290. The second-order valence-corrected chi connectivity index (χ2v) is 10.2. The minimum atomic E-state index is -0.166. The Morgan fingerprint density at radius 2 is 1.85 bits per heavy atom. The number of amides is 1. The molecule has 0 bridgehead atoms. The van der Waals surface area contributed by atoms with Gasteiger partial charge in [-0.3, -0.25) is 19.1 Å². The number of thiophene rings is 2. The topological polar surface area (TPSA) is 70.5 Å². The van der Waals surface area contributed by atoms with E-state index in [2.05, 4.69) is 44.4 Å². The molecule has 4 heterocycles. The highest BCUT2D eigenvalue weighted by Crippen LogP contribution is 2.33. The Balaban J connectivity index is 1.09. The molecule has 4 aromatic rings. The fraction of sp³-hybridized carbons (Fsp3) is 0.320. The third kappa shape index (κ3) is 5.06. The molecule has 1 aliphatic heterocycles. The molecule has 1 aliphatic rings. The molecule has 1 amide bonds. The van der Waals surface area contributed by atoms with Crippen molar-refractivity contribution in [2.45, 2.75) is 13.0 Å². The number of hydrogen-bond acceptors (Lipinski definition) is 7. The van der Waals surface area contributed by atoms with Crippen LogP contribution in [0.1, 0.15) is 6.42 Å². The van der Waals surface area contributed by atoms with Crippen molar-refractivity contribution in [3.05, 3.63) is 69.9 Å². The molecule has 3 aromatic heterocycles. The van der Waals surface area contributed by atoms with Crippen LogP contribution in [0.15, 0.2) is 64.3 Å². The van der Waals surface area contributed by atoms with E-state index in [4.69, 9.17) is 0 Å². The number of benzene rings is 1. The molecule has 0 saturated carbocycles. The number of para-hydroxylation sites is 1. The summed E-state index contributed by atoms with van der Waals surface area (Å²) in [5.74, 6) is -0.162. The summed E-state index contributed by atoms with van der Waals surface area (Å²) < 4.78 is 1.41. The summed E-state index contributed by atoms with van der Waals surface area (Å²) in [5.41, 5.74) is 2.01. The van der Waals surface area contributed by atoms with Crippen LogP contribution in [0.3, 0.4) is 0 Å². The van der Waals surface area contributed by atoms with Gasteiger partial charge < -0.3 is 10.2 Å². The van der Waals surface area contributed by atoms with Crippen LogP contribution < -0.4 is 15.8 Å². The highest BCUT2D eigenvalue weighted by Gasteiger charge is 2.17. The first kappa shape index (κ1) is 22.8. The van der Waals surface area contributed by atoms with Gasteiger partial charge in [0.15, 0.2) is 0 Å². The van der Waals surface area contributed by atoms with E-state index in [0.717, 1.165) is 49.6 Å². The molecule has 0 spiro atoms. The molecule has 0 radical (unpaired) electrons. The second-order valence-electron chi connectivity index (χ2n) is 8.35. The molecule has 7 nitrogen and oxygen atoms in total. The van der Waals surface area contributed by atoms with Crippen LogP contribution in [-0.4, -0.2) is 59.6 Å². The fourth-order valence-corrected chi connectivity index (χ4v) is 6.02. The van der Waals surface area contributed by atoms with E-state index in [9.17, 15) is 9.59 Å². The van der Waals surface area contributed by atoms with Crippen molar-refractivity contribution in [3.63, 3.8) is 0 Å². The maximum absolute atomic E-state index is 13.1. The van der Waals surface area contributed by atoms with Crippen molar-refractivity contribution in [1.82, 2.24) is 19.8 Å². The minimum Gasteiger partial charge on any atom is -0.369 e. The number of nitrogens with one attached hydrogen (secondary N) is 1. The zero-order valence-corrected chi connectivity index (χ0v) is 20.5. The third-order valence-corrected chi connectivity index (χ3v) is 7.92. The lowest BCUT2D eigenvalue weighted by Gasteiger charge is -2.36. The molecule has 176 valence electrons. The molecule has 1 fully saturated rings. The van der Waals surface area contributed by atoms with Gasteiger partial charge in [0.05, 0.1) is 11.7 Å². The number of piperazine rings is 1. The normalized spacial score (nSPS) is 14.5. The van der Waals surface area contributed by atoms with E-state index in [0.29, 0.717) is 16.8 Å². The van der Waals surface area contributed by atoms with Gasteiger partial charge in [0.2, 0.25) is 5.91 Å². The van der Waals surface area contributed by atoms with Crippen molar-refractivity contribution in [2.24, 2.45) is 0 Å². The Hall–Kier alpha value is -3.01. The van der Waals surface area contributed by atoms with Crippen LogP contribution in [0, 0.1) is 0 Å². The maximum atomic E-state index is 13.1. The molecule has 1 N–H and O–H groups in total. The highest BCUT2D eigenvalue weighted by molar-refractivity contribution is 7.18. The Morgan fingerprint density at radius 1 is 1.03 bits per heavy atom. The number of fused-ring (bicyclic) bond motifs is 1. The van der Waals surface area contributed by atoms with E-state index in [1.165, 1.54) is 27.9 Å². The molecule has 9 heteroatoms. The van der Waals surface area contributed by atoms with Crippen molar-refractivity contribution >= 4 is 44.5 Å². The lowest BCUT2D eigenvalue weighted by molar-refractivity contribution is -0.121. The number of anilines is 1. The van der Waals surface area contributed by atoms with Gasteiger partial charge in [0.1, 0.15) is 11.4 Å². The SMILES string of the molecule is O=C(Cn1cnc2scc(-c3cccs3)c2c1=O)NCCCN1CCN(c2ccccc2)CC1. The first-order valence-electron chi connectivity index (χ1n) is 11.5. The summed E-state index contributed by atoms with van der Waals surface area (Å²) in [6, 6.07) is 14.5. The van der Waals surface area contributed by atoms with E-state index in [-0.39, 0.29) is 18.0 Å². The monoisotopic (exact) mass is 493 g/mol. The summed E-state index contributed by atoms with van der Waals surface area (Å²) in [5, 5.41) is 7.51. The summed E-state index contributed by atoms with van der Waals surface area (Å²) >= 11 is 3.05. The molecule has 0 unspecified atom stereocenters. The third-order valence-electron chi connectivity index (χ3n) is 6.13. The van der Waals surface area contributed by atoms with Crippen molar-refractivity contribution in [2.75, 3.05) is 44.2 Å². The summed E-state index contributed by atoms with van der Waals surface area (Å²) in [6.07, 6.45) is 2.36. The predicted octanol–water partition coefficient (Wildman–Crippen LogP) is 3.52. The highest BCUT2D eigenvalue weighted by atomic mass is 32.1. The quantitative estimate of drug-likeness (QED) is 0.381. The van der Waals surface area contributed by atoms with Crippen LogP contribution in [0.4, 0.5) is 5.69 Å². The molecule has 5 rings (SSSR count). The van der Waals surface area contributed by atoms with Crippen LogP contribution in [-0.2, 0) is 11.3 Å². The first-order valence-corrected chi connectivity index (χ1v) is 13.2. The van der Waals surface area contributed by atoms with Gasteiger partial charge in [-0.05, 0) is 36.5 Å². The first-order chi connectivity index (χ1) is 16.7. The second kappa shape index (κ2) is 10.5. The largest absolute Gasteiger partial charge is 0.369 e. The zero-order valence-electron chi connectivity index (χ0n) is 18.9. The number of hydrogen-bond donors (Lipinski definition) is 1. The molecule has 0 aliphatic carbocycles. The van der Waals surface area contributed by atoms with E-state index in [1.54, 1.807) is 11.3 Å². The van der Waals surface area contributed by atoms with E-state index >= 15 is 0 Å². The summed E-state index contributed by atoms with van der Waals surface area (Å²) in [6.45, 7) is 5.62. The Morgan fingerprint density at radius 3 is 2.62 bits per heavy atom. The molecule has 0 atom stereocenters. The van der Waals surface area contributed by atoms with E-state index in [1.807, 2.05) is 29.0 Å². The number of carbonyl (C=O) groups excluding carboxylic acids is 1. The number of rotatable bonds is 8. The summed E-state index contributed by atoms with van der Waals surface area (Å²) in [4.78, 5) is 36.5. The molecular weight excluding hydrogens is 466 g/mol. The molecular formula is C25H27N5O2S2. The van der Waals surface area contributed by atoms with Crippen molar-refractivity contribution < 1.29 is 4.79 Å². The lowest BCUT2D eigenvalue weighted by atomic mass is 10.2. The minimum absolute atomic E-state index is 0.0166. The van der Waals surface area contributed by atoms with Crippen LogP contribution in [0.5, 0.6) is 0 Å². The smallest absolute Gasteiger partial charge is 0.263 e. The van der Waals surface area contributed by atoms with Crippen LogP contribution in [0.25, 0.3) is 20.7 Å². The average molecular weight is 494 g/mol. The number of carbonyl (C=O) groups is 1. The van der Waals surface area contributed by atoms with Crippen LogP contribution >= 0.6 is 22.7 Å². The van der Waals surface area contributed by atoms with Gasteiger partial charge >= 0.3 is 0 Å². The number of nitrogens with zero attached hydrogens (tertiary/aromatic N) is 4. The predicted molar refractivity (Wildman–Crippen MR) is 140 cm³/mol. The Labute approximate surface area is 206 Å². The van der Waals surface area contributed by atoms with Crippen molar-refractivity contribution in [3.8, 4) is 10.4 Å². The van der Waals surface area contributed by atoms with Gasteiger partial charge in [-0.2, -0.15) is 0 Å². The van der Waals surface area contributed by atoms with E-state index < -0.39 is 0 Å². The van der Waals surface area contributed by atoms with Gasteiger partial charge in [-0.25, -0.2) is 4.98 Å². The molecule has 1 aromatic carbocycles. The zero-order chi connectivity index (χ0) is 23.3. The average Bonchev–Trinajstić information content (AvgIpc) is 3.55. The maximum Gasteiger partial charge on any atom is 0.263 e. The Kier molecular flexibility index (Phi) is 7.03. The molecule has 34 heavy (non-hydrogen) atoms. The van der Waals surface area contributed by atoms with Gasteiger partial charge in [-0.1, -0.05) is 24.3 Å². The summed E-state index contributed by atoms with van der Waals surface area (Å²) in [7, 11) is 0. The fourth-order valence-electron chi connectivity index (χ4n) is 4.30. The number of aromatic nitrogens is 2. The van der Waals surface area contributed by atoms with Gasteiger partial charge in [-0.15, -0.1) is 22.7 Å². The van der Waals surface area contributed by atoms with Crippen molar-refractivity contribution in [1.29, 1.82) is 0 Å². The van der Waals surface area contributed by atoms with Crippen LogP contribution in [0.2, 0.25) is 0 Å². The van der Waals surface area contributed by atoms with Gasteiger partial charge in [0, 0.05) is 54.2 Å².